The second-order valence-corrected chi connectivity index (χ2v) is 6.00. The molecule has 0 bridgehead atoms. The van der Waals surface area contributed by atoms with Crippen LogP contribution in [0.25, 0.3) is 11.0 Å². The second kappa shape index (κ2) is 8.36. The number of hydrazine groups is 1. The Morgan fingerprint density at radius 1 is 1.21 bits per heavy atom. The maximum absolute atomic E-state index is 12.6. The smallest absolute Gasteiger partial charge is 0.255 e. The maximum Gasteiger partial charge on any atom is 0.255 e. The molecule has 0 atom stereocenters. The molecule has 0 saturated heterocycles. The lowest BCUT2D eigenvalue weighted by Gasteiger charge is -2.10. The summed E-state index contributed by atoms with van der Waals surface area (Å²) in [5.74, 6) is 5.26. The quantitative estimate of drug-likeness (QED) is 0.225. The third-order valence-electron chi connectivity index (χ3n) is 3.98. The van der Waals surface area contributed by atoms with Crippen LogP contribution in [0.5, 0.6) is 5.75 Å². The number of hydrogen-bond acceptors (Lipinski definition) is 6. The van der Waals surface area contributed by atoms with Gasteiger partial charge in [-0.25, -0.2) is 5.84 Å². The summed E-state index contributed by atoms with van der Waals surface area (Å²) in [6.45, 7) is 2.62. The zero-order valence-corrected chi connectivity index (χ0v) is 15.2. The number of amidine groups is 1. The van der Waals surface area contributed by atoms with Gasteiger partial charge in [0.05, 0.1) is 17.7 Å². The summed E-state index contributed by atoms with van der Waals surface area (Å²) < 4.78 is 11.1. The van der Waals surface area contributed by atoms with Crippen molar-refractivity contribution >= 4 is 28.4 Å². The molecule has 0 spiro atoms. The molecule has 3 aromatic rings. The van der Waals surface area contributed by atoms with Crippen molar-refractivity contribution in [2.24, 2.45) is 5.84 Å². The molecule has 8 heteroatoms. The number of rotatable bonds is 6. The molecule has 2 aromatic carbocycles. The highest BCUT2D eigenvalue weighted by Crippen LogP contribution is 2.23. The number of amides is 1. The van der Waals surface area contributed by atoms with Gasteiger partial charge in [-0.05, 0) is 42.8 Å². The van der Waals surface area contributed by atoms with E-state index in [9.17, 15) is 9.59 Å². The number of carbonyl (C=O) groups excluding carboxylic acids is 1. The van der Waals surface area contributed by atoms with Gasteiger partial charge in [-0.1, -0.05) is 13.0 Å². The van der Waals surface area contributed by atoms with E-state index >= 15 is 0 Å². The number of anilines is 1. The van der Waals surface area contributed by atoms with Crippen molar-refractivity contribution < 1.29 is 13.9 Å². The minimum Gasteiger partial charge on any atom is -0.494 e. The average molecular weight is 380 g/mol. The standard InChI is InChI=1S/C20H20N4O4/c1-2-10-27-13-8-6-12(7-9-13)20(26)23-15-5-3-4-14-16(25)11-17(19(21)24-22)28-18(14)15/h3-9,11H,2,10,22H2,1H3,(H2,21,24)(H,23,26). The van der Waals surface area contributed by atoms with Crippen LogP contribution in [0.15, 0.2) is 57.7 Å². The first-order valence-electron chi connectivity index (χ1n) is 8.70. The number of benzene rings is 2. The molecule has 0 aliphatic rings. The monoisotopic (exact) mass is 380 g/mol. The Hall–Kier alpha value is -3.65. The van der Waals surface area contributed by atoms with Crippen LogP contribution < -0.4 is 26.8 Å². The lowest BCUT2D eigenvalue weighted by Crippen LogP contribution is -2.30. The van der Waals surface area contributed by atoms with Gasteiger partial charge in [-0.2, -0.15) is 0 Å². The van der Waals surface area contributed by atoms with Crippen LogP contribution in [-0.4, -0.2) is 18.3 Å². The number of nitrogens with two attached hydrogens (primary N) is 1. The van der Waals surface area contributed by atoms with E-state index in [2.05, 4.69) is 10.7 Å². The fourth-order valence-corrected chi connectivity index (χ4v) is 2.59. The van der Waals surface area contributed by atoms with Crippen LogP contribution in [0.4, 0.5) is 5.69 Å². The maximum atomic E-state index is 12.6. The van der Waals surface area contributed by atoms with Crippen LogP contribution in [0.2, 0.25) is 0 Å². The van der Waals surface area contributed by atoms with Gasteiger partial charge in [0.25, 0.3) is 5.91 Å². The molecule has 1 heterocycles. The molecule has 0 unspecified atom stereocenters. The summed E-state index contributed by atoms with van der Waals surface area (Å²) in [6.07, 6.45) is 0.896. The van der Waals surface area contributed by atoms with Crippen molar-refractivity contribution in [1.29, 1.82) is 5.41 Å². The van der Waals surface area contributed by atoms with Crippen LogP contribution >= 0.6 is 0 Å². The molecule has 8 nitrogen and oxygen atoms in total. The highest BCUT2D eigenvalue weighted by Gasteiger charge is 2.14. The van der Waals surface area contributed by atoms with E-state index < -0.39 is 0 Å². The van der Waals surface area contributed by atoms with Gasteiger partial charge >= 0.3 is 0 Å². The van der Waals surface area contributed by atoms with Gasteiger partial charge in [0.1, 0.15) is 5.75 Å². The Labute approximate surface area is 160 Å². The van der Waals surface area contributed by atoms with E-state index in [-0.39, 0.29) is 33.9 Å². The summed E-state index contributed by atoms with van der Waals surface area (Å²) >= 11 is 0. The summed E-state index contributed by atoms with van der Waals surface area (Å²) in [4.78, 5) is 24.9. The third kappa shape index (κ3) is 4.02. The number of ether oxygens (including phenoxy) is 1. The van der Waals surface area contributed by atoms with E-state index in [4.69, 9.17) is 20.4 Å². The predicted octanol–water partition coefficient (Wildman–Crippen LogP) is 2.62. The molecule has 0 saturated carbocycles. The Bertz CT molecular complexity index is 1070. The molecule has 28 heavy (non-hydrogen) atoms. The molecule has 5 N–H and O–H groups in total. The minimum absolute atomic E-state index is 0.0286. The largest absolute Gasteiger partial charge is 0.494 e. The van der Waals surface area contributed by atoms with Crippen LogP contribution in [-0.2, 0) is 0 Å². The topological polar surface area (TPSA) is 130 Å². The molecule has 0 radical (unpaired) electrons. The van der Waals surface area contributed by atoms with Gasteiger partial charge in [0, 0.05) is 11.6 Å². The Morgan fingerprint density at radius 2 is 1.96 bits per heavy atom. The highest BCUT2D eigenvalue weighted by atomic mass is 16.5. The number of hydrogen-bond donors (Lipinski definition) is 4. The normalized spacial score (nSPS) is 10.5. The van der Waals surface area contributed by atoms with Crippen LogP contribution in [0.3, 0.4) is 0 Å². The Balaban J connectivity index is 1.91. The summed E-state index contributed by atoms with van der Waals surface area (Å²) in [6, 6.07) is 12.8. The van der Waals surface area contributed by atoms with Crippen molar-refractivity contribution in [3.8, 4) is 5.75 Å². The first-order valence-corrected chi connectivity index (χ1v) is 8.70. The Kier molecular flexibility index (Phi) is 5.71. The summed E-state index contributed by atoms with van der Waals surface area (Å²) in [7, 11) is 0. The fourth-order valence-electron chi connectivity index (χ4n) is 2.59. The van der Waals surface area contributed by atoms with E-state index in [0.29, 0.717) is 23.6 Å². The van der Waals surface area contributed by atoms with Gasteiger partial charge in [0.2, 0.25) is 0 Å². The van der Waals surface area contributed by atoms with Crippen molar-refractivity contribution in [2.75, 3.05) is 11.9 Å². The van der Waals surface area contributed by atoms with E-state index in [1.807, 2.05) is 6.92 Å². The average Bonchev–Trinajstić information content (AvgIpc) is 2.72. The number of carbonyl (C=O) groups is 1. The van der Waals surface area contributed by atoms with Crippen molar-refractivity contribution in [3.05, 3.63) is 70.1 Å². The van der Waals surface area contributed by atoms with Gasteiger partial charge < -0.3 is 19.9 Å². The highest BCUT2D eigenvalue weighted by molar-refractivity contribution is 6.08. The molecular weight excluding hydrogens is 360 g/mol. The molecular formula is C20H20N4O4. The third-order valence-corrected chi connectivity index (χ3v) is 3.98. The fraction of sp³-hybridized carbons (Fsp3) is 0.150. The summed E-state index contributed by atoms with van der Waals surface area (Å²) in [5, 5.41) is 10.7. The Morgan fingerprint density at radius 3 is 2.64 bits per heavy atom. The molecule has 1 aromatic heterocycles. The zero-order valence-electron chi connectivity index (χ0n) is 15.2. The lowest BCUT2D eigenvalue weighted by molar-refractivity contribution is 0.102. The SMILES string of the molecule is CCCOc1ccc(C(=O)Nc2cccc3c(=O)cc(C(=N)NN)oc23)cc1. The second-order valence-electron chi connectivity index (χ2n) is 6.00. The molecule has 1 amide bonds. The van der Waals surface area contributed by atoms with Gasteiger partial charge in [0.15, 0.2) is 22.6 Å². The van der Waals surface area contributed by atoms with E-state index in [1.165, 1.54) is 6.07 Å². The van der Waals surface area contributed by atoms with Gasteiger partial charge in [-0.15, -0.1) is 0 Å². The first kappa shape index (κ1) is 19.1. The molecule has 144 valence electrons. The van der Waals surface area contributed by atoms with E-state index in [1.54, 1.807) is 42.5 Å². The van der Waals surface area contributed by atoms with Crippen molar-refractivity contribution in [1.82, 2.24) is 5.43 Å². The molecule has 0 aliphatic heterocycles. The van der Waals surface area contributed by atoms with Crippen molar-refractivity contribution in [2.45, 2.75) is 13.3 Å². The number of fused-ring (bicyclic) bond motifs is 1. The number of nitrogens with one attached hydrogen (secondary N) is 3. The minimum atomic E-state index is -0.366. The summed E-state index contributed by atoms with van der Waals surface area (Å²) in [5.41, 5.74) is 2.70. The molecule has 3 rings (SSSR count). The number of para-hydroxylation sites is 1. The molecule has 0 fully saturated rings. The van der Waals surface area contributed by atoms with Crippen LogP contribution in [0.1, 0.15) is 29.5 Å². The van der Waals surface area contributed by atoms with Gasteiger partial charge in [-0.3, -0.25) is 15.0 Å². The van der Waals surface area contributed by atoms with Crippen LogP contribution in [0, 0.1) is 5.41 Å². The van der Waals surface area contributed by atoms with Crippen molar-refractivity contribution in [3.63, 3.8) is 0 Å². The zero-order chi connectivity index (χ0) is 20.1. The van der Waals surface area contributed by atoms with E-state index in [0.717, 1.165) is 6.42 Å². The predicted molar refractivity (Wildman–Crippen MR) is 107 cm³/mol. The lowest BCUT2D eigenvalue weighted by atomic mass is 10.1. The first-order chi connectivity index (χ1) is 13.5. The molecule has 0 aliphatic carbocycles.